The molecule has 0 bridgehead atoms. The van der Waals surface area contributed by atoms with Gasteiger partial charge in [0.1, 0.15) is 0 Å². The van der Waals surface area contributed by atoms with Crippen molar-refractivity contribution in [2.75, 3.05) is 0 Å². The summed E-state index contributed by atoms with van der Waals surface area (Å²) < 4.78 is 0. The largest absolute Gasteiger partial charge is 0.115 e. The molecule has 0 radical (unpaired) electrons. The number of benzene rings is 1. The van der Waals surface area contributed by atoms with E-state index in [2.05, 4.69) is 62.7 Å². The molecule has 0 aliphatic heterocycles. The summed E-state index contributed by atoms with van der Waals surface area (Å²) in [6.07, 6.45) is 6.39. The Morgan fingerprint density at radius 2 is 1.90 bits per heavy atom. The summed E-state index contributed by atoms with van der Waals surface area (Å²) in [4.78, 5) is 3.04. The predicted molar refractivity (Wildman–Crippen MR) is 89.5 cm³/mol. The van der Waals surface area contributed by atoms with Gasteiger partial charge in [0, 0.05) is 10.5 Å². The molecule has 0 spiro atoms. The maximum Gasteiger partial charge on any atom is 0.0523 e. The smallest absolute Gasteiger partial charge is 0.0523 e. The van der Waals surface area contributed by atoms with E-state index in [0.29, 0.717) is 5.92 Å². The van der Waals surface area contributed by atoms with Gasteiger partial charge in [0.2, 0.25) is 0 Å². The third kappa shape index (κ3) is 3.40. The van der Waals surface area contributed by atoms with Crippen molar-refractivity contribution < 1.29 is 0 Å². The minimum absolute atomic E-state index is 0.115. The molecule has 112 valence electrons. The summed E-state index contributed by atoms with van der Waals surface area (Å²) >= 11 is 0. The summed E-state index contributed by atoms with van der Waals surface area (Å²) in [5.41, 5.74) is 13.0. The molecule has 0 aromatic heterocycles. The predicted octanol–water partition coefficient (Wildman–Crippen LogP) is 5.68. The second-order valence-corrected chi connectivity index (χ2v) is 6.20. The molecule has 0 amide bonds. The van der Waals surface area contributed by atoms with Gasteiger partial charge in [-0.05, 0) is 59.5 Å². The zero-order valence-electron chi connectivity index (χ0n) is 13.9. The van der Waals surface area contributed by atoms with E-state index in [4.69, 9.17) is 12.0 Å². The second kappa shape index (κ2) is 6.70. The number of terminal acetylenes is 1. The first-order valence-corrected chi connectivity index (χ1v) is 7.48. The highest BCUT2D eigenvalue weighted by Crippen LogP contribution is 2.38. The average molecular weight is 283 g/mol. The van der Waals surface area contributed by atoms with Crippen LogP contribution in [0.1, 0.15) is 75.1 Å². The highest BCUT2D eigenvalue weighted by atomic mass is 15.2. The minimum atomic E-state index is -0.443. The lowest BCUT2D eigenvalue weighted by molar-refractivity contribution is 0.380. The van der Waals surface area contributed by atoms with Crippen LogP contribution in [0.15, 0.2) is 17.2 Å². The van der Waals surface area contributed by atoms with Crippen LogP contribution in [0.5, 0.6) is 0 Å². The molecule has 3 heteroatoms. The van der Waals surface area contributed by atoms with Crippen LogP contribution in [0, 0.1) is 19.3 Å². The quantitative estimate of drug-likeness (QED) is 0.289. The standard InChI is InChI=1S/C18H25N3/c1-8-15-10-16(12(3)4)13(5)17(11-15)14(6)18(7,9-2)20-21-19/h1,10-12,14H,9H2,2-7H3. The molecule has 0 aliphatic rings. The van der Waals surface area contributed by atoms with Gasteiger partial charge in [-0.2, -0.15) is 0 Å². The van der Waals surface area contributed by atoms with Crippen LogP contribution in [0.25, 0.3) is 10.4 Å². The normalized spacial score (nSPS) is 15.0. The molecule has 2 unspecified atom stereocenters. The van der Waals surface area contributed by atoms with E-state index in [1.54, 1.807) is 0 Å². The van der Waals surface area contributed by atoms with Crippen LogP contribution in [-0.4, -0.2) is 5.54 Å². The summed E-state index contributed by atoms with van der Waals surface area (Å²) in [5.74, 6) is 3.27. The fourth-order valence-corrected chi connectivity index (χ4v) is 2.79. The molecule has 0 aliphatic carbocycles. The summed E-state index contributed by atoms with van der Waals surface area (Å²) in [7, 11) is 0. The van der Waals surface area contributed by atoms with Crippen LogP contribution in [0.2, 0.25) is 0 Å². The Morgan fingerprint density at radius 3 is 2.33 bits per heavy atom. The molecule has 21 heavy (non-hydrogen) atoms. The highest BCUT2D eigenvalue weighted by Gasteiger charge is 2.31. The van der Waals surface area contributed by atoms with Crippen LogP contribution < -0.4 is 0 Å². The van der Waals surface area contributed by atoms with Gasteiger partial charge >= 0.3 is 0 Å². The van der Waals surface area contributed by atoms with E-state index in [1.807, 2.05) is 6.92 Å². The fourth-order valence-electron chi connectivity index (χ4n) is 2.79. The number of nitrogens with zero attached hydrogens (tertiary/aromatic N) is 3. The van der Waals surface area contributed by atoms with E-state index in [1.165, 1.54) is 16.7 Å². The van der Waals surface area contributed by atoms with Crippen molar-refractivity contribution in [1.82, 2.24) is 0 Å². The molecule has 0 saturated heterocycles. The van der Waals surface area contributed by atoms with E-state index in [0.717, 1.165) is 12.0 Å². The van der Waals surface area contributed by atoms with Crippen molar-refractivity contribution in [2.45, 2.75) is 65.3 Å². The van der Waals surface area contributed by atoms with Crippen molar-refractivity contribution in [3.05, 3.63) is 44.8 Å². The Bertz CT molecular complexity index is 604. The molecule has 1 aromatic rings. The number of azide groups is 1. The lowest BCUT2D eigenvalue weighted by atomic mass is 9.77. The Morgan fingerprint density at radius 1 is 1.33 bits per heavy atom. The van der Waals surface area contributed by atoms with E-state index < -0.39 is 5.54 Å². The Kier molecular flexibility index (Phi) is 5.47. The summed E-state index contributed by atoms with van der Waals surface area (Å²) in [6.45, 7) is 12.6. The van der Waals surface area contributed by atoms with E-state index in [-0.39, 0.29) is 5.92 Å². The maximum absolute atomic E-state index is 8.87. The Balaban J connectivity index is 3.52. The third-order valence-corrected chi connectivity index (χ3v) is 4.67. The highest BCUT2D eigenvalue weighted by molar-refractivity contribution is 5.47. The number of hydrogen-bond donors (Lipinski definition) is 0. The topological polar surface area (TPSA) is 48.8 Å². The van der Waals surface area contributed by atoms with Crippen LogP contribution >= 0.6 is 0 Å². The summed E-state index contributed by atoms with van der Waals surface area (Å²) in [5, 5.41) is 4.05. The first-order valence-electron chi connectivity index (χ1n) is 7.48. The molecule has 0 heterocycles. The van der Waals surface area contributed by atoms with Gasteiger partial charge in [0.05, 0.1) is 5.54 Å². The SMILES string of the molecule is C#Cc1cc(C(C)C)c(C)c(C(C)C(C)(CC)N=[N+]=[N-])c1. The molecular weight excluding hydrogens is 258 g/mol. The zero-order valence-corrected chi connectivity index (χ0v) is 13.9. The van der Waals surface area contributed by atoms with Crippen LogP contribution in [0.4, 0.5) is 0 Å². The van der Waals surface area contributed by atoms with Crippen molar-refractivity contribution in [3.63, 3.8) is 0 Å². The second-order valence-electron chi connectivity index (χ2n) is 6.20. The van der Waals surface area contributed by atoms with Gasteiger partial charge in [-0.15, -0.1) is 6.42 Å². The van der Waals surface area contributed by atoms with Crippen LogP contribution in [0.3, 0.4) is 0 Å². The van der Waals surface area contributed by atoms with Crippen molar-refractivity contribution in [1.29, 1.82) is 0 Å². The lowest BCUT2D eigenvalue weighted by Gasteiger charge is -2.32. The average Bonchev–Trinajstić information content (AvgIpc) is 2.46. The maximum atomic E-state index is 8.87. The minimum Gasteiger partial charge on any atom is -0.115 e. The van der Waals surface area contributed by atoms with Gasteiger partial charge in [0.15, 0.2) is 0 Å². The Hall–Kier alpha value is -1.91. The molecule has 2 atom stereocenters. The third-order valence-electron chi connectivity index (χ3n) is 4.67. The molecule has 3 nitrogen and oxygen atoms in total. The Labute approximate surface area is 128 Å². The van der Waals surface area contributed by atoms with Gasteiger partial charge in [-0.25, -0.2) is 0 Å². The fraction of sp³-hybridized carbons (Fsp3) is 0.556. The molecule has 0 N–H and O–H groups in total. The lowest BCUT2D eigenvalue weighted by Crippen LogP contribution is -2.28. The van der Waals surface area contributed by atoms with E-state index in [9.17, 15) is 0 Å². The van der Waals surface area contributed by atoms with Gasteiger partial charge in [-0.3, -0.25) is 0 Å². The molecule has 1 aromatic carbocycles. The molecule has 0 saturated carbocycles. The number of rotatable bonds is 5. The molecule has 1 rings (SSSR count). The van der Waals surface area contributed by atoms with Crippen molar-refractivity contribution in [3.8, 4) is 12.3 Å². The van der Waals surface area contributed by atoms with Crippen LogP contribution in [-0.2, 0) is 0 Å². The first kappa shape index (κ1) is 17.1. The monoisotopic (exact) mass is 283 g/mol. The summed E-state index contributed by atoms with van der Waals surface area (Å²) in [6, 6.07) is 4.15. The molecular formula is C18H25N3. The van der Waals surface area contributed by atoms with Gasteiger partial charge in [0.25, 0.3) is 0 Å². The molecule has 0 fully saturated rings. The first-order chi connectivity index (χ1) is 9.80. The van der Waals surface area contributed by atoms with E-state index >= 15 is 0 Å². The van der Waals surface area contributed by atoms with Crippen molar-refractivity contribution >= 4 is 0 Å². The van der Waals surface area contributed by atoms with Crippen molar-refractivity contribution in [2.24, 2.45) is 5.11 Å². The van der Waals surface area contributed by atoms with Gasteiger partial charge < -0.3 is 0 Å². The number of hydrogen-bond acceptors (Lipinski definition) is 1. The van der Waals surface area contributed by atoms with Gasteiger partial charge in [-0.1, -0.05) is 45.7 Å². The zero-order chi connectivity index (χ0) is 16.2.